The molecule has 8 nitrogen and oxygen atoms in total. The lowest BCUT2D eigenvalue weighted by molar-refractivity contribution is -0.384. The largest absolute Gasteiger partial charge is 0.419 e. The van der Waals surface area contributed by atoms with Gasteiger partial charge in [-0.3, -0.25) is 15.0 Å². The molecule has 4 rings (SSSR count). The van der Waals surface area contributed by atoms with Gasteiger partial charge in [-0.15, -0.1) is 10.2 Å². The van der Waals surface area contributed by atoms with Crippen LogP contribution in [0.2, 0.25) is 0 Å². The first-order valence-electron chi connectivity index (χ1n) is 9.34. The van der Waals surface area contributed by atoms with Gasteiger partial charge in [-0.1, -0.05) is 0 Å². The van der Waals surface area contributed by atoms with Crippen LogP contribution in [0.5, 0.6) is 0 Å². The fraction of sp³-hybridized carbons (Fsp3) is 0.300. The third-order valence-corrected chi connectivity index (χ3v) is 5.18. The lowest BCUT2D eigenvalue weighted by Gasteiger charge is -2.38. The Balaban J connectivity index is 1.40. The van der Waals surface area contributed by atoms with Gasteiger partial charge in [-0.2, -0.15) is 0 Å². The summed E-state index contributed by atoms with van der Waals surface area (Å²) in [6, 6.07) is 12.5. The van der Waals surface area contributed by atoms with Crippen molar-refractivity contribution >= 4 is 11.4 Å². The predicted molar refractivity (Wildman–Crippen MR) is 105 cm³/mol. The number of hydrogen-bond donors (Lipinski definition) is 0. The first-order chi connectivity index (χ1) is 14.0. The lowest BCUT2D eigenvalue weighted by Crippen LogP contribution is -2.47. The number of benzene rings is 2. The maximum absolute atomic E-state index is 13.1. The highest BCUT2D eigenvalue weighted by Gasteiger charge is 2.26. The first kappa shape index (κ1) is 19.0. The molecule has 0 bridgehead atoms. The van der Waals surface area contributed by atoms with Crippen LogP contribution < -0.4 is 4.90 Å². The minimum atomic E-state index is -0.448. The van der Waals surface area contributed by atoms with E-state index in [0.29, 0.717) is 17.3 Å². The van der Waals surface area contributed by atoms with E-state index in [1.807, 2.05) is 6.92 Å². The van der Waals surface area contributed by atoms with Crippen LogP contribution >= 0.6 is 0 Å². The minimum absolute atomic E-state index is 0.0147. The van der Waals surface area contributed by atoms with Gasteiger partial charge in [0.2, 0.25) is 11.8 Å². The molecule has 9 heteroatoms. The topological polar surface area (TPSA) is 88.5 Å². The molecule has 2 heterocycles. The Morgan fingerprint density at radius 2 is 1.69 bits per heavy atom. The summed E-state index contributed by atoms with van der Waals surface area (Å²) < 4.78 is 18.9. The van der Waals surface area contributed by atoms with E-state index in [9.17, 15) is 14.5 Å². The van der Waals surface area contributed by atoms with Crippen LogP contribution in [0.1, 0.15) is 18.9 Å². The smallest absolute Gasteiger partial charge is 0.269 e. The number of aromatic nitrogens is 2. The number of piperazine rings is 1. The molecule has 150 valence electrons. The summed E-state index contributed by atoms with van der Waals surface area (Å²) in [7, 11) is 0. The third-order valence-electron chi connectivity index (χ3n) is 5.18. The summed E-state index contributed by atoms with van der Waals surface area (Å²) in [4.78, 5) is 14.8. The predicted octanol–water partition coefficient (Wildman–Crippen LogP) is 3.67. The molecule has 3 aromatic rings. The van der Waals surface area contributed by atoms with E-state index in [2.05, 4.69) is 20.0 Å². The molecule has 0 saturated carbocycles. The molecule has 1 aliphatic rings. The van der Waals surface area contributed by atoms with Crippen molar-refractivity contribution in [2.75, 3.05) is 31.1 Å². The lowest BCUT2D eigenvalue weighted by atomic mass is 10.2. The van der Waals surface area contributed by atoms with Crippen LogP contribution in [0.25, 0.3) is 11.5 Å². The van der Waals surface area contributed by atoms with Crippen molar-refractivity contribution in [1.82, 2.24) is 15.1 Å². The van der Waals surface area contributed by atoms with Crippen molar-refractivity contribution in [3.63, 3.8) is 0 Å². The highest BCUT2D eigenvalue weighted by Crippen LogP contribution is 2.27. The van der Waals surface area contributed by atoms with Gasteiger partial charge in [-0.25, -0.2) is 4.39 Å². The zero-order valence-corrected chi connectivity index (χ0v) is 15.9. The molecule has 1 aliphatic heterocycles. The Morgan fingerprint density at radius 1 is 1.03 bits per heavy atom. The SMILES string of the molecule is C[C@H](c1nnc(-c2ccc([N+](=O)[O-])cc2)o1)N1CCN(c2ccc(F)cc2)CC1. The van der Waals surface area contributed by atoms with Crippen molar-refractivity contribution in [3.05, 3.63) is 70.4 Å². The summed E-state index contributed by atoms with van der Waals surface area (Å²) in [5, 5.41) is 19.0. The zero-order valence-electron chi connectivity index (χ0n) is 15.9. The summed E-state index contributed by atoms with van der Waals surface area (Å²) in [5.41, 5.74) is 1.67. The number of nitro benzene ring substituents is 1. The van der Waals surface area contributed by atoms with Gasteiger partial charge < -0.3 is 9.32 Å². The van der Waals surface area contributed by atoms with Gasteiger partial charge in [0.15, 0.2) is 0 Å². The Morgan fingerprint density at radius 3 is 2.31 bits per heavy atom. The average Bonchev–Trinajstić information content (AvgIpc) is 3.24. The fourth-order valence-electron chi connectivity index (χ4n) is 3.42. The second kappa shape index (κ2) is 7.96. The number of non-ortho nitro benzene ring substituents is 1. The van der Waals surface area contributed by atoms with Gasteiger partial charge in [0.25, 0.3) is 5.69 Å². The number of hydrogen-bond acceptors (Lipinski definition) is 7. The van der Waals surface area contributed by atoms with Crippen LogP contribution in [0.15, 0.2) is 52.9 Å². The molecule has 29 heavy (non-hydrogen) atoms. The van der Waals surface area contributed by atoms with Gasteiger partial charge >= 0.3 is 0 Å². The molecule has 1 atom stereocenters. The molecule has 1 saturated heterocycles. The van der Waals surface area contributed by atoms with E-state index < -0.39 is 4.92 Å². The summed E-state index contributed by atoms with van der Waals surface area (Å²) >= 11 is 0. The molecule has 1 aromatic heterocycles. The van der Waals surface area contributed by atoms with E-state index in [1.165, 1.54) is 24.3 Å². The quantitative estimate of drug-likeness (QED) is 0.479. The first-order valence-corrected chi connectivity index (χ1v) is 9.34. The van der Waals surface area contributed by atoms with Crippen molar-refractivity contribution in [2.24, 2.45) is 0 Å². The molecule has 2 aromatic carbocycles. The van der Waals surface area contributed by atoms with Crippen molar-refractivity contribution in [3.8, 4) is 11.5 Å². The second-order valence-electron chi connectivity index (χ2n) is 6.92. The van der Waals surface area contributed by atoms with Crippen LogP contribution in [0.3, 0.4) is 0 Å². The number of nitrogens with zero attached hydrogens (tertiary/aromatic N) is 5. The molecular formula is C20H20FN5O3. The van der Waals surface area contributed by atoms with Crippen molar-refractivity contribution < 1.29 is 13.7 Å². The molecular weight excluding hydrogens is 377 g/mol. The molecule has 0 unspecified atom stereocenters. The summed E-state index contributed by atoms with van der Waals surface area (Å²) in [5.74, 6) is 0.613. The van der Waals surface area contributed by atoms with Crippen LogP contribution in [0.4, 0.5) is 15.8 Å². The van der Waals surface area contributed by atoms with E-state index in [4.69, 9.17) is 4.42 Å². The van der Waals surface area contributed by atoms with E-state index in [1.54, 1.807) is 24.3 Å². The Hall–Kier alpha value is -3.33. The number of halogens is 1. The minimum Gasteiger partial charge on any atom is -0.419 e. The Bertz CT molecular complexity index is 982. The maximum atomic E-state index is 13.1. The number of anilines is 1. The zero-order chi connectivity index (χ0) is 20.4. The monoisotopic (exact) mass is 397 g/mol. The van der Waals surface area contributed by atoms with Crippen molar-refractivity contribution in [1.29, 1.82) is 0 Å². The van der Waals surface area contributed by atoms with Gasteiger partial charge in [0.1, 0.15) is 5.82 Å². The molecule has 0 amide bonds. The van der Waals surface area contributed by atoms with Gasteiger partial charge in [0, 0.05) is 49.6 Å². The third kappa shape index (κ3) is 4.09. The van der Waals surface area contributed by atoms with Crippen LogP contribution in [0, 0.1) is 15.9 Å². The molecule has 0 N–H and O–H groups in total. The Kier molecular flexibility index (Phi) is 5.22. The Labute approximate surface area is 166 Å². The fourth-order valence-corrected chi connectivity index (χ4v) is 3.42. The summed E-state index contributed by atoms with van der Waals surface area (Å²) in [6.07, 6.45) is 0. The normalized spacial score (nSPS) is 16.0. The highest BCUT2D eigenvalue weighted by atomic mass is 19.1. The second-order valence-corrected chi connectivity index (χ2v) is 6.92. The maximum Gasteiger partial charge on any atom is 0.269 e. The highest BCUT2D eigenvalue weighted by molar-refractivity contribution is 5.55. The van der Waals surface area contributed by atoms with E-state index in [0.717, 1.165) is 31.9 Å². The average molecular weight is 397 g/mol. The molecule has 0 aliphatic carbocycles. The molecule has 1 fully saturated rings. The number of nitro groups is 1. The van der Waals surface area contributed by atoms with Crippen molar-refractivity contribution in [2.45, 2.75) is 13.0 Å². The van der Waals surface area contributed by atoms with E-state index in [-0.39, 0.29) is 17.5 Å². The standard InChI is InChI=1S/C20H20FN5O3/c1-14(24-10-12-25(13-11-24)17-8-4-16(21)5-9-17)19-22-23-20(29-19)15-2-6-18(7-3-15)26(27)28/h2-9,14H,10-13H2,1H3/t14-/m1/s1. The van der Waals surface area contributed by atoms with E-state index >= 15 is 0 Å². The van der Waals surface area contributed by atoms with Crippen LogP contribution in [-0.2, 0) is 0 Å². The number of rotatable bonds is 5. The molecule has 0 spiro atoms. The van der Waals surface area contributed by atoms with Gasteiger partial charge in [0.05, 0.1) is 11.0 Å². The summed E-state index contributed by atoms with van der Waals surface area (Å²) in [6.45, 7) is 5.28. The molecule has 0 radical (unpaired) electrons. The van der Waals surface area contributed by atoms with Crippen LogP contribution in [-0.4, -0.2) is 46.2 Å². The van der Waals surface area contributed by atoms with Gasteiger partial charge in [-0.05, 0) is 43.3 Å².